The van der Waals surface area contributed by atoms with Gasteiger partial charge in [-0.05, 0) is 55.2 Å². The highest BCUT2D eigenvalue weighted by atomic mass is 35.5. The van der Waals surface area contributed by atoms with Crippen LogP contribution in [0.4, 0.5) is 13.2 Å². The number of amides is 1. The van der Waals surface area contributed by atoms with Gasteiger partial charge in [0.1, 0.15) is 6.04 Å². The second-order valence-electron chi connectivity index (χ2n) is 8.51. The van der Waals surface area contributed by atoms with Crippen molar-refractivity contribution in [1.29, 1.82) is 0 Å². The van der Waals surface area contributed by atoms with E-state index in [0.717, 1.165) is 16.0 Å². The Morgan fingerprint density at radius 2 is 1.49 bits per heavy atom. The minimum Gasteiger partial charge on any atom is -0.480 e. The Morgan fingerprint density at radius 1 is 0.976 bits per heavy atom. The molecular weight excluding hydrogens is 606 g/mol. The summed E-state index contributed by atoms with van der Waals surface area (Å²) in [4.78, 5) is 38.8. The summed E-state index contributed by atoms with van der Waals surface area (Å²) < 4.78 is 31.7. The summed E-state index contributed by atoms with van der Waals surface area (Å²) in [5, 5.41) is 20.5. The van der Waals surface area contributed by atoms with Crippen molar-refractivity contribution in [2.45, 2.75) is 37.9 Å². The molecule has 0 unspecified atom stereocenters. The number of aliphatic imine (C=N–C) groups is 1. The lowest BCUT2D eigenvalue weighted by atomic mass is 9.90. The summed E-state index contributed by atoms with van der Waals surface area (Å²) >= 11 is 14.3. The lowest BCUT2D eigenvalue weighted by Gasteiger charge is -2.19. The molecule has 0 bridgehead atoms. The zero-order valence-electron chi connectivity index (χ0n) is 21.5. The minimum atomic E-state index is -5.08. The van der Waals surface area contributed by atoms with Crippen LogP contribution in [-0.2, 0) is 9.59 Å². The number of benzene rings is 2. The van der Waals surface area contributed by atoms with Crippen molar-refractivity contribution < 1.29 is 37.8 Å². The fourth-order valence-electron chi connectivity index (χ4n) is 3.56. The molecule has 3 aromatic rings. The fourth-order valence-corrected chi connectivity index (χ4v) is 5.10. The number of nitrogens with two attached hydrogens (primary N) is 1. The number of hydrogen-bond acceptors (Lipinski definition) is 5. The van der Waals surface area contributed by atoms with E-state index < -0.39 is 30.1 Å². The highest BCUT2D eigenvalue weighted by molar-refractivity contribution is 7.14. The topological polar surface area (TPSA) is 142 Å². The summed E-state index contributed by atoms with van der Waals surface area (Å²) in [5.41, 5.74) is 7.24. The number of nitrogens with one attached hydrogen (secondary N) is 1. The lowest BCUT2D eigenvalue weighted by Crippen LogP contribution is -2.40. The highest BCUT2D eigenvalue weighted by Crippen LogP contribution is 2.41. The molecule has 41 heavy (non-hydrogen) atoms. The number of carbonyl (C=O) groups is 3. The van der Waals surface area contributed by atoms with Crippen LogP contribution >= 0.6 is 34.5 Å². The van der Waals surface area contributed by atoms with Gasteiger partial charge in [0.05, 0.1) is 10.7 Å². The van der Waals surface area contributed by atoms with Crippen LogP contribution in [0.2, 0.25) is 10.0 Å². The third-order valence-corrected chi connectivity index (χ3v) is 7.26. The summed E-state index contributed by atoms with van der Waals surface area (Å²) in [6.07, 6.45) is -4.35. The van der Waals surface area contributed by atoms with Crippen molar-refractivity contribution in [3.8, 4) is 0 Å². The van der Waals surface area contributed by atoms with Crippen LogP contribution < -0.4 is 11.1 Å². The molecule has 5 N–H and O–H groups in total. The molecule has 0 aliphatic carbocycles. The van der Waals surface area contributed by atoms with Crippen LogP contribution in [0, 0.1) is 0 Å². The number of carboxylic acid groups (broad SMARTS) is 2. The largest absolute Gasteiger partial charge is 0.490 e. The van der Waals surface area contributed by atoms with Gasteiger partial charge in [-0.15, -0.1) is 11.3 Å². The predicted octanol–water partition coefficient (Wildman–Crippen LogP) is 6.21. The molecule has 2 aromatic carbocycles. The number of carboxylic acids is 2. The Bertz CT molecular complexity index is 1350. The molecule has 3 rings (SSSR count). The quantitative estimate of drug-likeness (QED) is 0.119. The van der Waals surface area contributed by atoms with Crippen molar-refractivity contribution >= 4 is 58.2 Å². The van der Waals surface area contributed by atoms with Crippen molar-refractivity contribution in [3.05, 3.63) is 91.6 Å². The molecule has 0 saturated carbocycles. The summed E-state index contributed by atoms with van der Waals surface area (Å²) in [6.45, 7) is 2.08. The van der Waals surface area contributed by atoms with E-state index in [-0.39, 0.29) is 12.3 Å². The number of carbonyl (C=O) groups excluding carboxylic acids is 1. The van der Waals surface area contributed by atoms with Gasteiger partial charge >= 0.3 is 18.1 Å². The number of hydrogen-bond donors (Lipinski definition) is 4. The van der Waals surface area contributed by atoms with Crippen LogP contribution in [-0.4, -0.2) is 52.7 Å². The maximum Gasteiger partial charge on any atom is 0.490 e. The molecule has 0 spiro atoms. The normalized spacial score (nSPS) is 12.3. The van der Waals surface area contributed by atoms with Crippen LogP contribution in [0.25, 0.3) is 0 Å². The molecular formula is C27H26Cl2F3N3O5S. The summed E-state index contributed by atoms with van der Waals surface area (Å²) in [7, 11) is 0. The molecule has 8 nitrogen and oxygen atoms in total. The van der Waals surface area contributed by atoms with E-state index in [1.165, 1.54) is 11.3 Å². The lowest BCUT2D eigenvalue weighted by molar-refractivity contribution is -0.192. The molecule has 0 aliphatic rings. The first-order valence-corrected chi connectivity index (χ1v) is 13.5. The van der Waals surface area contributed by atoms with Gasteiger partial charge in [-0.25, -0.2) is 9.59 Å². The first-order valence-electron chi connectivity index (χ1n) is 11.9. The van der Waals surface area contributed by atoms with Gasteiger partial charge < -0.3 is 21.3 Å². The number of thiophene rings is 1. The first-order chi connectivity index (χ1) is 19.2. The summed E-state index contributed by atoms with van der Waals surface area (Å²) in [6, 6.07) is 17.5. The van der Waals surface area contributed by atoms with Gasteiger partial charge in [0.15, 0.2) is 0 Å². The van der Waals surface area contributed by atoms with Gasteiger partial charge in [0, 0.05) is 27.4 Å². The van der Waals surface area contributed by atoms with Gasteiger partial charge in [0.25, 0.3) is 5.91 Å². The van der Waals surface area contributed by atoms with Gasteiger partial charge in [-0.2, -0.15) is 13.2 Å². The monoisotopic (exact) mass is 631 g/mol. The number of aliphatic carboxylic acids is 2. The van der Waals surface area contributed by atoms with Crippen molar-refractivity contribution in [2.75, 3.05) is 6.54 Å². The maximum atomic E-state index is 12.9. The molecule has 0 saturated heterocycles. The zero-order valence-corrected chi connectivity index (χ0v) is 23.8. The molecule has 1 heterocycles. The van der Waals surface area contributed by atoms with Crippen molar-refractivity contribution in [1.82, 2.24) is 5.32 Å². The Labute approximate surface area is 247 Å². The average Bonchev–Trinajstić information content (AvgIpc) is 3.38. The minimum absolute atomic E-state index is 0.248. The maximum absolute atomic E-state index is 12.9. The van der Waals surface area contributed by atoms with Gasteiger partial charge in [-0.1, -0.05) is 59.6 Å². The van der Waals surface area contributed by atoms with E-state index in [1.807, 2.05) is 54.6 Å². The zero-order chi connectivity index (χ0) is 30.7. The Hall–Kier alpha value is -3.61. The number of nitrogens with zero attached hydrogens (tertiary/aromatic N) is 1. The summed E-state index contributed by atoms with van der Waals surface area (Å²) in [5.74, 6) is -4.13. The molecule has 0 aliphatic heterocycles. The van der Waals surface area contributed by atoms with E-state index in [0.29, 0.717) is 33.7 Å². The van der Waals surface area contributed by atoms with E-state index >= 15 is 0 Å². The second-order valence-corrected chi connectivity index (χ2v) is 10.4. The third-order valence-electron chi connectivity index (χ3n) is 5.43. The molecule has 14 heteroatoms. The average molecular weight is 632 g/mol. The van der Waals surface area contributed by atoms with E-state index in [2.05, 4.69) is 10.3 Å². The smallest absolute Gasteiger partial charge is 0.480 e. The van der Waals surface area contributed by atoms with Crippen LogP contribution in [0.3, 0.4) is 0 Å². The number of rotatable bonds is 10. The van der Waals surface area contributed by atoms with Crippen LogP contribution in [0.1, 0.15) is 51.4 Å². The molecule has 0 radical (unpaired) electrons. The van der Waals surface area contributed by atoms with E-state index in [9.17, 15) is 27.9 Å². The van der Waals surface area contributed by atoms with Crippen molar-refractivity contribution in [2.24, 2.45) is 10.7 Å². The Balaban J connectivity index is 0.000000745. The van der Waals surface area contributed by atoms with Gasteiger partial charge in [-0.3, -0.25) is 9.79 Å². The molecule has 0 fully saturated rings. The van der Waals surface area contributed by atoms with Crippen LogP contribution in [0.5, 0.6) is 0 Å². The molecule has 1 atom stereocenters. The fraction of sp³-hybridized carbons (Fsp3) is 0.259. The third kappa shape index (κ3) is 10.4. The highest BCUT2D eigenvalue weighted by Gasteiger charge is 2.38. The van der Waals surface area contributed by atoms with E-state index in [4.69, 9.17) is 38.8 Å². The SMILES string of the molecule is CC(N)=NCCC[C@H](NC(=O)c1ccc(C(c2ccccc2Cl)c2ccccc2Cl)s1)C(=O)O.O=C(O)C(F)(F)F. The predicted molar refractivity (Wildman–Crippen MR) is 152 cm³/mol. The molecule has 220 valence electrons. The number of alkyl halides is 3. The van der Waals surface area contributed by atoms with E-state index in [1.54, 1.807) is 13.0 Å². The standard InChI is InChI=1S/C25H25Cl2N3O3S.C2HF3O2/c1-15(28)29-14-6-11-20(25(32)33)30-24(31)22-13-12-21(34-22)23(16-7-2-4-9-18(16)26)17-8-3-5-10-19(17)27;3-2(4,5)1(6)7/h2-5,7-10,12-13,20,23H,6,11,14H2,1H3,(H2,28,29)(H,30,31)(H,32,33);(H,6,7)/t20-;/m0./s1. The van der Waals surface area contributed by atoms with Crippen LogP contribution in [0.15, 0.2) is 65.7 Å². The Morgan fingerprint density at radius 3 is 1.93 bits per heavy atom. The van der Waals surface area contributed by atoms with Crippen molar-refractivity contribution in [3.63, 3.8) is 0 Å². The number of amidine groups is 1. The molecule has 1 aromatic heterocycles. The number of halogens is 5. The first kappa shape index (κ1) is 33.6. The molecule has 1 amide bonds. The Kier molecular flexibility index (Phi) is 12.6. The van der Waals surface area contributed by atoms with Gasteiger partial charge in [0.2, 0.25) is 0 Å². The second kappa shape index (κ2) is 15.4.